The number of carbonyl (C=O) groups excluding carboxylic acids is 2. The lowest BCUT2D eigenvalue weighted by atomic mass is 10.1. The molecule has 6 heteroatoms. The van der Waals surface area contributed by atoms with Gasteiger partial charge in [-0.25, -0.2) is 4.79 Å². The number of halogens is 1. The van der Waals surface area contributed by atoms with Crippen molar-refractivity contribution < 1.29 is 14.3 Å². The van der Waals surface area contributed by atoms with Crippen LogP contribution in [-0.4, -0.2) is 29.1 Å². The summed E-state index contributed by atoms with van der Waals surface area (Å²) in [5.74, 6) is -0.263. The number of benzene rings is 1. The van der Waals surface area contributed by atoms with E-state index >= 15 is 0 Å². The molecular formula is C17H18BrNO3S. The lowest BCUT2D eigenvalue weighted by molar-refractivity contribution is 0.0522. The van der Waals surface area contributed by atoms with Gasteiger partial charge in [0.1, 0.15) is 0 Å². The molecule has 1 N–H and O–H groups in total. The Morgan fingerprint density at radius 2 is 1.74 bits per heavy atom. The Morgan fingerprint density at radius 1 is 1.13 bits per heavy atom. The van der Waals surface area contributed by atoms with Gasteiger partial charge in [-0.2, -0.15) is 0 Å². The van der Waals surface area contributed by atoms with E-state index in [2.05, 4.69) is 20.9 Å². The van der Waals surface area contributed by atoms with E-state index in [0.717, 1.165) is 9.37 Å². The van der Waals surface area contributed by atoms with E-state index in [0.29, 0.717) is 22.5 Å². The second-order valence-corrected chi connectivity index (χ2v) is 6.98. The summed E-state index contributed by atoms with van der Waals surface area (Å²) < 4.78 is 6.06. The van der Waals surface area contributed by atoms with Crippen LogP contribution in [0.2, 0.25) is 0 Å². The van der Waals surface area contributed by atoms with E-state index in [1.54, 1.807) is 20.8 Å². The van der Waals surface area contributed by atoms with E-state index in [4.69, 9.17) is 4.74 Å². The largest absolute Gasteiger partial charge is 0.462 e. The Morgan fingerprint density at radius 3 is 2.35 bits per heavy atom. The molecular weight excluding hydrogens is 378 g/mol. The molecule has 0 fully saturated rings. The fourth-order valence-electron chi connectivity index (χ4n) is 2.34. The minimum Gasteiger partial charge on any atom is -0.462 e. The lowest BCUT2D eigenvalue weighted by Crippen LogP contribution is -2.13. The highest BCUT2D eigenvalue weighted by atomic mass is 79.9. The zero-order chi connectivity index (χ0) is 17.0. The average Bonchev–Trinajstić information content (AvgIpc) is 2.81. The van der Waals surface area contributed by atoms with Gasteiger partial charge in [-0.15, -0.1) is 11.8 Å². The fourth-order valence-corrected chi connectivity index (χ4v) is 3.38. The average molecular weight is 396 g/mol. The maximum atomic E-state index is 12.6. The van der Waals surface area contributed by atoms with E-state index < -0.39 is 5.97 Å². The summed E-state index contributed by atoms with van der Waals surface area (Å²) >= 11 is 4.83. The highest BCUT2D eigenvalue weighted by Crippen LogP contribution is 2.25. The molecule has 122 valence electrons. The highest BCUT2D eigenvalue weighted by molar-refractivity contribution is 9.10. The summed E-state index contributed by atoms with van der Waals surface area (Å²) in [6, 6.07) is 7.76. The number of hydrogen-bond acceptors (Lipinski definition) is 4. The van der Waals surface area contributed by atoms with Crippen LogP contribution in [0.5, 0.6) is 0 Å². The number of thioether (sulfide) groups is 1. The van der Waals surface area contributed by atoms with Crippen LogP contribution < -0.4 is 0 Å². The van der Waals surface area contributed by atoms with Crippen LogP contribution in [0.3, 0.4) is 0 Å². The number of ether oxygens (including phenoxy) is 1. The maximum absolute atomic E-state index is 12.6. The van der Waals surface area contributed by atoms with Crippen molar-refractivity contribution in [1.82, 2.24) is 4.98 Å². The molecule has 0 aliphatic rings. The monoisotopic (exact) mass is 395 g/mol. The predicted molar refractivity (Wildman–Crippen MR) is 95.4 cm³/mol. The predicted octanol–water partition coefficient (Wildman–Crippen LogP) is 4.55. The van der Waals surface area contributed by atoms with Gasteiger partial charge in [0, 0.05) is 20.8 Å². The fraction of sp³-hybridized carbons (Fsp3) is 0.294. The first kappa shape index (κ1) is 17.8. The van der Waals surface area contributed by atoms with Gasteiger partial charge in [0.15, 0.2) is 5.78 Å². The van der Waals surface area contributed by atoms with Gasteiger partial charge in [0.05, 0.1) is 23.5 Å². The van der Waals surface area contributed by atoms with Crippen molar-refractivity contribution in [3.8, 4) is 0 Å². The standard InChI is InChI=1S/C17H18BrNO3S/c1-4-22-17(21)16-11(3)19-10(2)15(16)14(20)9-23-13-7-5-12(18)6-8-13/h5-8,19H,4,9H2,1-3H3. The highest BCUT2D eigenvalue weighted by Gasteiger charge is 2.25. The molecule has 4 nitrogen and oxygen atoms in total. The summed E-state index contributed by atoms with van der Waals surface area (Å²) in [5.41, 5.74) is 2.15. The molecule has 0 amide bonds. The molecule has 1 aromatic heterocycles. The molecule has 1 aromatic carbocycles. The number of aryl methyl sites for hydroxylation is 2. The topological polar surface area (TPSA) is 59.2 Å². The van der Waals surface area contributed by atoms with Gasteiger partial charge in [-0.3, -0.25) is 4.79 Å². The quantitative estimate of drug-likeness (QED) is 0.442. The molecule has 23 heavy (non-hydrogen) atoms. The van der Waals surface area contributed by atoms with Gasteiger partial charge in [0.25, 0.3) is 0 Å². The van der Waals surface area contributed by atoms with Gasteiger partial charge in [-0.05, 0) is 45.0 Å². The third kappa shape index (κ3) is 4.26. The number of rotatable bonds is 6. The molecule has 1 heterocycles. The molecule has 0 spiro atoms. The number of carbonyl (C=O) groups is 2. The van der Waals surface area contributed by atoms with Gasteiger partial charge < -0.3 is 9.72 Å². The van der Waals surface area contributed by atoms with Gasteiger partial charge >= 0.3 is 5.97 Å². The molecule has 0 aliphatic carbocycles. The van der Waals surface area contributed by atoms with Crippen molar-refractivity contribution in [2.45, 2.75) is 25.7 Å². The van der Waals surface area contributed by atoms with Gasteiger partial charge in [-0.1, -0.05) is 15.9 Å². The van der Waals surface area contributed by atoms with E-state index in [9.17, 15) is 9.59 Å². The minimum absolute atomic E-state index is 0.0807. The van der Waals surface area contributed by atoms with E-state index in [1.165, 1.54) is 11.8 Å². The Kier molecular flexibility index (Phi) is 6.07. The molecule has 0 unspecified atom stereocenters. The zero-order valence-electron chi connectivity index (χ0n) is 13.2. The van der Waals surface area contributed by atoms with Crippen LogP contribution in [0, 0.1) is 13.8 Å². The Labute approximate surface area is 148 Å². The van der Waals surface area contributed by atoms with E-state index in [1.807, 2.05) is 24.3 Å². The summed E-state index contributed by atoms with van der Waals surface area (Å²) in [6.45, 7) is 5.60. The number of nitrogens with one attached hydrogen (secondary N) is 1. The molecule has 0 saturated heterocycles. The SMILES string of the molecule is CCOC(=O)c1c(C)[nH]c(C)c1C(=O)CSc1ccc(Br)cc1. The van der Waals surface area contributed by atoms with Gasteiger partial charge in [0.2, 0.25) is 0 Å². The van der Waals surface area contributed by atoms with Crippen molar-refractivity contribution >= 4 is 39.4 Å². The smallest absolute Gasteiger partial charge is 0.340 e. The molecule has 0 atom stereocenters. The number of H-pyrrole nitrogens is 1. The molecule has 0 radical (unpaired) electrons. The lowest BCUT2D eigenvalue weighted by Gasteiger charge is -2.06. The summed E-state index contributed by atoms with van der Waals surface area (Å²) in [6.07, 6.45) is 0. The second kappa shape index (κ2) is 7.84. The summed E-state index contributed by atoms with van der Waals surface area (Å²) in [4.78, 5) is 28.8. The summed E-state index contributed by atoms with van der Waals surface area (Å²) in [7, 11) is 0. The number of hydrogen-bond donors (Lipinski definition) is 1. The first-order valence-corrected chi connectivity index (χ1v) is 8.99. The molecule has 2 rings (SSSR count). The van der Waals surface area contributed by atoms with E-state index in [-0.39, 0.29) is 18.1 Å². The van der Waals surface area contributed by atoms with Crippen LogP contribution in [0.25, 0.3) is 0 Å². The van der Waals surface area contributed by atoms with Crippen molar-refractivity contribution in [3.05, 3.63) is 51.3 Å². The third-order valence-electron chi connectivity index (χ3n) is 3.32. The third-order valence-corrected chi connectivity index (χ3v) is 4.86. The normalized spacial score (nSPS) is 10.6. The second-order valence-electron chi connectivity index (χ2n) is 5.01. The molecule has 0 bridgehead atoms. The van der Waals surface area contributed by atoms with Crippen molar-refractivity contribution in [2.75, 3.05) is 12.4 Å². The van der Waals surface area contributed by atoms with Crippen molar-refractivity contribution in [1.29, 1.82) is 0 Å². The number of aromatic amines is 1. The Hall–Kier alpha value is -1.53. The Bertz CT molecular complexity index is 722. The van der Waals surface area contributed by atoms with Crippen LogP contribution in [0.15, 0.2) is 33.6 Å². The molecule has 0 saturated carbocycles. The zero-order valence-corrected chi connectivity index (χ0v) is 15.6. The first-order chi connectivity index (χ1) is 10.9. The minimum atomic E-state index is -0.452. The van der Waals surface area contributed by atoms with Crippen LogP contribution in [-0.2, 0) is 4.74 Å². The van der Waals surface area contributed by atoms with Crippen LogP contribution >= 0.6 is 27.7 Å². The number of ketones is 1. The van der Waals surface area contributed by atoms with Crippen molar-refractivity contribution in [3.63, 3.8) is 0 Å². The molecule has 0 aliphatic heterocycles. The van der Waals surface area contributed by atoms with Crippen LogP contribution in [0.4, 0.5) is 0 Å². The number of aromatic nitrogens is 1. The maximum Gasteiger partial charge on any atom is 0.340 e. The first-order valence-electron chi connectivity index (χ1n) is 7.21. The summed E-state index contributed by atoms with van der Waals surface area (Å²) in [5, 5.41) is 0. The number of Topliss-reactive ketones (excluding diaryl/α,β-unsaturated/α-hetero) is 1. The van der Waals surface area contributed by atoms with Crippen LogP contribution in [0.1, 0.15) is 39.0 Å². The Balaban J connectivity index is 2.18. The van der Waals surface area contributed by atoms with Crippen molar-refractivity contribution in [2.24, 2.45) is 0 Å². The number of esters is 1. The molecule has 2 aromatic rings.